The first-order chi connectivity index (χ1) is 12.1. The minimum absolute atomic E-state index is 0.211. The molecular formula is C18H20ClNO4S. The fourth-order valence-electron chi connectivity index (χ4n) is 1.96. The topological polar surface area (TPSA) is 57.7 Å². The van der Waals surface area contributed by atoms with Crippen LogP contribution in [0.2, 0.25) is 5.02 Å². The average molecular weight is 382 g/mol. The van der Waals surface area contributed by atoms with Crippen LogP contribution in [0.1, 0.15) is 30.7 Å². The molecule has 1 aromatic carbocycles. The molecular weight excluding hydrogens is 362 g/mol. The van der Waals surface area contributed by atoms with Gasteiger partial charge in [0.25, 0.3) is 0 Å². The Bertz CT molecular complexity index is 716. The number of rotatable bonds is 9. The van der Waals surface area contributed by atoms with Crippen molar-refractivity contribution < 1.29 is 19.0 Å². The van der Waals surface area contributed by atoms with Crippen LogP contribution in [0, 0.1) is 0 Å². The van der Waals surface area contributed by atoms with Crippen molar-refractivity contribution in [3.63, 3.8) is 0 Å². The van der Waals surface area contributed by atoms with E-state index in [2.05, 4.69) is 4.98 Å². The number of hydrogen-bond acceptors (Lipinski definition) is 6. The minimum atomic E-state index is -0.436. The lowest BCUT2D eigenvalue weighted by atomic mass is 10.2. The first-order valence-electron chi connectivity index (χ1n) is 7.95. The molecule has 2 rings (SSSR count). The van der Waals surface area contributed by atoms with Crippen LogP contribution in [0.4, 0.5) is 0 Å². The summed E-state index contributed by atoms with van der Waals surface area (Å²) >= 11 is 7.73. The SMILES string of the molecule is CCCOc1c(Cl)cc(/C=C/C(=O)OCc2cncs2)cc1OCC. The average Bonchev–Trinajstić information content (AvgIpc) is 3.11. The molecule has 134 valence electrons. The van der Waals surface area contributed by atoms with Crippen LogP contribution in [-0.2, 0) is 16.1 Å². The Kier molecular flexibility index (Phi) is 7.76. The molecule has 1 aromatic heterocycles. The van der Waals surface area contributed by atoms with Crippen LogP contribution in [0.15, 0.2) is 29.9 Å². The summed E-state index contributed by atoms with van der Waals surface area (Å²) in [6.45, 7) is 5.16. The highest BCUT2D eigenvalue weighted by atomic mass is 35.5. The summed E-state index contributed by atoms with van der Waals surface area (Å²) in [7, 11) is 0. The van der Waals surface area contributed by atoms with E-state index in [-0.39, 0.29) is 6.61 Å². The van der Waals surface area contributed by atoms with Crippen LogP contribution in [0.25, 0.3) is 6.08 Å². The number of carbonyl (C=O) groups excluding carboxylic acids is 1. The van der Waals surface area contributed by atoms with Crippen LogP contribution in [0.5, 0.6) is 11.5 Å². The first kappa shape index (κ1) is 19.3. The van der Waals surface area contributed by atoms with E-state index in [1.807, 2.05) is 13.8 Å². The first-order valence-corrected chi connectivity index (χ1v) is 9.21. The number of thiazole rings is 1. The summed E-state index contributed by atoms with van der Waals surface area (Å²) < 4.78 is 16.4. The number of ether oxygens (including phenoxy) is 3. The molecule has 0 atom stereocenters. The molecule has 0 aliphatic heterocycles. The van der Waals surface area contributed by atoms with Crippen LogP contribution >= 0.6 is 22.9 Å². The number of nitrogens with zero attached hydrogens (tertiary/aromatic N) is 1. The Morgan fingerprint density at radius 3 is 2.84 bits per heavy atom. The van der Waals surface area contributed by atoms with E-state index in [0.29, 0.717) is 29.7 Å². The Morgan fingerprint density at radius 2 is 2.16 bits per heavy atom. The fourth-order valence-corrected chi connectivity index (χ4v) is 2.74. The molecule has 2 aromatic rings. The van der Waals surface area contributed by atoms with Crippen molar-refractivity contribution >= 4 is 35.0 Å². The van der Waals surface area contributed by atoms with Crippen molar-refractivity contribution in [2.24, 2.45) is 0 Å². The number of aromatic nitrogens is 1. The van der Waals surface area contributed by atoms with Crippen molar-refractivity contribution in [2.75, 3.05) is 13.2 Å². The second-order valence-corrected chi connectivity index (χ2v) is 6.40. The van der Waals surface area contributed by atoms with Crippen molar-refractivity contribution in [2.45, 2.75) is 26.9 Å². The van der Waals surface area contributed by atoms with Gasteiger partial charge in [0, 0.05) is 12.3 Å². The van der Waals surface area contributed by atoms with Crippen LogP contribution in [0.3, 0.4) is 0 Å². The second-order valence-electron chi connectivity index (χ2n) is 5.02. The minimum Gasteiger partial charge on any atom is -0.490 e. The van der Waals surface area contributed by atoms with E-state index in [1.165, 1.54) is 17.4 Å². The van der Waals surface area contributed by atoms with Crippen molar-refractivity contribution in [3.8, 4) is 11.5 Å². The zero-order chi connectivity index (χ0) is 18.1. The lowest BCUT2D eigenvalue weighted by Gasteiger charge is -2.14. The lowest BCUT2D eigenvalue weighted by molar-refractivity contribution is -0.138. The maximum atomic E-state index is 11.8. The zero-order valence-corrected chi connectivity index (χ0v) is 15.7. The number of benzene rings is 1. The summed E-state index contributed by atoms with van der Waals surface area (Å²) in [5.74, 6) is 0.644. The van der Waals surface area contributed by atoms with Gasteiger partial charge in [0.1, 0.15) is 6.61 Å². The molecule has 25 heavy (non-hydrogen) atoms. The smallest absolute Gasteiger partial charge is 0.331 e. The summed E-state index contributed by atoms with van der Waals surface area (Å²) in [4.78, 5) is 16.6. The molecule has 0 saturated heterocycles. The van der Waals surface area contributed by atoms with E-state index in [9.17, 15) is 4.79 Å². The molecule has 5 nitrogen and oxygen atoms in total. The largest absolute Gasteiger partial charge is 0.490 e. The van der Waals surface area contributed by atoms with E-state index in [4.69, 9.17) is 25.8 Å². The third kappa shape index (κ3) is 6.07. The van der Waals surface area contributed by atoms with E-state index in [1.54, 1.807) is 29.9 Å². The molecule has 0 amide bonds. The molecule has 0 aliphatic rings. The number of hydrogen-bond donors (Lipinski definition) is 0. The van der Waals surface area contributed by atoms with Gasteiger partial charge in [-0.05, 0) is 37.1 Å². The molecule has 0 radical (unpaired) electrons. The highest BCUT2D eigenvalue weighted by Gasteiger charge is 2.12. The quantitative estimate of drug-likeness (QED) is 0.463. The van der Waals surface area contributed by atoms with Gasteiger partial charge < -0.3 is 14.2 Å². The van der Waals surface area contributed by atoms with Gasteiger partial charge in [-0.15, -0.1) is 11.3 Å². The van der Waals surface area contributed by atoms with Crippen molar-refractivity contribution in [1.82, 2.24) is 4.98 Å². The fraction of sp³-hybridized carbons (Fsp3) is 0.333. The lowest BCUT2D eigenvalue weighted by Crippen LogP contribution is -2.01. The van der Waals surface area contributed by atoms with Gasteiger partial charge in [0.15, 0.2) is 11.5 Å². The standard InChI is InChI=1S/C18H20ClNO4S/c1-3-7-23-18-15(19)8-13(9-16(18)22-4-2)5-6-17(21)24-11-14-10-20-12-25-14/h5-6,8-10,12H,3-4,7,11H2,1-2H3/b6-5+. The predicted molar refractivity (Wildman–Crippen MR) is 99.4 cm³/mol. The van der Waals surface area contributed by atoms with E-state index in [0.717, 1.165) is 16.9 Å². The molecule has 0 N–H and O–H groups in total. The maximum Gasteiger partial charge on any atom is 0.331 e. The summed E-state index contributed by atoms with van der Waals surface area (Å²) in [6.07, 6.45) is 5.53. The molecule has 1 heterocycles. The number of esters is 1. The molecule has 0 unspecified atom stereocenters. The normalized spacial score (nSPS) is 10.8. The Labute approximate surface area is 156 Å². The Hall–Kier alpha value is -2.05. The number of carbonyl (C=O) groups is 1. The molecule has 0 spiro atoms. The number of halogens is 1. The van der Waals surface area contributed by atoms with Crippen molar-refractivity contribution in [1.29, 1.82) is 0 Å². The van der Waals surface area contributed by atoms with Crippen LogP contribution in [-0.4, -0.2) is 24.2 Å². The third-order valence-corrected chi connectivity index (χ3v) is 4.07. The molecule has 0 aliphatic carbocycles. The maximum absolute atomic E-state index is 11.8. The summed E-state index contributed by atoms with van der Waals surface area (Å²) in [5.41, 5.74) is 2.42. The Morgan fingerprint density at radius 1 is 1.32 bits per heavy atom. The van der Waals surface area contributed by atoms with Gasteiger partial charge in [-0.25, -0.2) is 4.79 Å². The van der Waals surface area contributed by atoms with Gasteiger partial charge in [-0.2, -0.15) is 0 Å². The monoisotopic (exact) mass is 381 g/mol. The van der Waals surface area contributed by atoms with Gasteiger partial charge in [0.2, 0.25) is 0 Å². The predicted octanol–water partition coefficient (Wildman–Crippen LogP) is 4.74. The van der Waals surface area contributed by atoms with Gasteiger partial charge >= 0.3 is 5.97 Å². The van der Waals surface area contributed by atoms with Crippen LogP contribution < -0.4 is 9.47 Å². The Balaban J connectivity index is 2.05. The second kappa shape index (κ2) is 10.1. The van der Waals surface area contributed by atoms with Crippen molar-refractivity contribution in [3.05, 3.63) is 45.4 Å². The van der Waals surface area contributed by atoms with Gasteiger partial charge in [0.05, 0.1) is 28.6 Å². The van der Waals surface area contributed by atoms with Gasteiger partial charge in [-0.1, -0.05) is 18.5 Å². The highest BCUT2D eigenvalue weighted by molar-refractivity contribution is 7.09. The van der Waals surface area contributed by atoms with Gasteiger partial charge in [-0.3, -0.25) is 4.98 Å². The summed E-state index contributed by atoms with van der Waals surface area (Å²) in [6, 6.07) is 3.51. The van der Waals surface area contributed by atoms with E-state index < -0.39 is 5.97 Å². The zero-order valence-electron chi connectivity index (χ0n) is 14.2. The molecule has 0 saturated carbocycles. The molecule has 7 heteroatoms. The molecule has 0 bridgehead atoms. The van der Waals surface area contributed by atoms with E-state index >= 15 is 0 Å². The molecule has 0 fully saturated rings. The highest BCUT2D eigenvalue weighted by Crippen LogP contribution is 2.37. The third-order valence-electron chi connectivity index (χ3n) is 3.03. The summed E-state index contributed by atoms with van der Waals surface area (Å²) in [5, 5.41) is 0.442.